The molecule has 0 saturated heterocycles. The highest BCUT2D eigenvalue weighted by atomic mass is 16.1. The van der Waals surface area contributed by atoms with E-state index in [-0.39, 0.29) is 18.5 Å². The van der Waals surface area contributed by atoms with Gasteiger partial charge in [0.05, 0.1) is 6.54 Å². The Labute approximate surface area is 123 Å². The highest BCUT2D eigenvalue weighted by Gasteiger charge is 2.08. The molecule has 21 heavy (non-hydrogen) atoms. The van der Waals surface area contributed by atoms with E-state index >= 15 is 0 Å². The van der Waals surface area contributed by atoms with Crippen LogP contribution in [0.25, 0.3) is 11.4 Å². The molecule has 1 atom stereocenters. The number of anilines is 1. The van der Waals surface area contributed by atoms with E-state index in [1.54, 1.807) is 11.7 Å². The second-order valence-corrected chi connectivity index (χ2v) is 4.94. The fourth-order valence-electron chi connectivity index (χ4n) is 1.85. The summed E-state index contributed by atoms with van der Waals surface area (Å²) >= 11 is 0. The molecule has 1 aromatic carbocycles. The van der Waals surface area contributed by atoms with Crippen molar-refractivity contribution in [2.75, 3.05) is 11.9 Å². The molecule has 1 aromatic heterocycles. The summed E-state index contributed by atoms with van der Waals surface area (Å²) in [6.45, 7) is 4.27. The van der Waals surface area contributed by atoms with Gasteiger partial charge in [-0.2, -0.15) is 0 Å². The molecule has 7 nitrogen and oxygen atoms in total. The van der Waals surface area contributed by atoms with Crippen LogP contribution in [0.1, 0.15) is 20.3 Å². The Morgan fingerprint density at radius 1 is 1.43 bits per heavy atom. The minimum absolute atomic E-state index is 0.0184. The van der Waals surface area contributed by atoms with Crippen LogP contribution in [0.2, 0.25) is 0 Å². The number of nitrogens with zero attached hydrogens (tertiary/aromatic N) is 4. The van der Waals surface area contributed by atoms with Gasteiger partial charge < -0.3 is 10.6 Å². The number of aryl methyl sites for hydroxylation is 1. The zero-order chi connectivity index (χ0) is 15.2. The van der Waals surface area contributed by atoms with Crippen LogP contribution in [0.15, 0.2) is 24.3 Å². The maximum atomic E-state index is 11.7. The molecule has 0 spiro atoms. The predicted molar refractivity (Wildman–Crippen MR) is 80.6 cm³/mol. The Morgan fingerprint density at radius 2 is 2.24 bits per heavy atom. The number of nitrogens with one attached hydrogen (secondary N) is 2. The van der Waals surface area contributed by atoms with E-state index in [0.29, 0.717) is 5.82 Å². The van der Waals surface area contributed by atoms with Crippen molar-refractivity contribution in [3.63, 3.8) is 0 Å². The molecule has 2 N–H and O–H groups in total. The first-order valence-electron chi connectivity index (χ1n) is 6.96. The maximum absolute atomic E-state index is 11.7. The van der Waals surface area contributed by atoms with Gasteiger partial charge in [-0.1, -0.05) is 19.1 Å². The molecule has 0 unspecified atom stereocenters. The van der Waals surface area contributed by atoms with Crippen molar-refractivity contribution in [1.82, 2.24) is 25.5 Å². The van der Waals surface area contributed by atoms with Crippen LogP contribution >= 0.6 is 0 Å². The number of carbonyl (C=O) groups excluding carboxylic acids is 1. The summed E-state index contributed by atoms with van der Waals surface area (Å²) in [5.41, 5.74) is 1.75. The standard InChI is InChI=1S/C14H20N6O/c1-4-10(2)16-13(21)9-15-12-7-5-6-11(8-12)14-17-18-19-20(14)3/h5-8,10,15H,4,9H2,1-3H3,(H,16,21)/t10-/m1/s1. The predicted octanol–water partition coefficient (Wildman–Crippen LogP) is 1.20. The van der Waals surface area contributed by atoms with Crippen LogP contribution < -0.4 is 10.6 Å². The fraction of sp³-hybridized carbons (Fsp3) is 0.429. The Kier molecular flexibility index (Phi) is 4.86. The lowest BCUT2D eigenvalue weighted by Crippen LogP contribution is -2.36. The molecular formula is C14H20N6O. The number of hydrogen-bond acceptors (Lipinski definition) is 5. The van der Waals surface area contributed by atoms with Crippen LogP contribution in [0.4, 0.5) is 5.69 Å². The first-order chi connectivity index (χ1) is 10.1. The quantitative estimate of drug-likeness (QED) is 0.834. The van der Waals surface area contributed by atoms with Crippen LogP contribution in [0, 0.1) is 0 Å². The molecule has 0 saturated carbocycles. The summed E-state index contributed by atoms with van der Waals surface area (Å²) in [5.74, 6) is 0.665. The monoisotopic (exact) mass is 288 g/mol. The van der Waals surface area contributed by atoms with Gasteiger partial charge in [0, 0.05) is 24.3 Å². The van der Waals surface area contributed by atoms with E-state index in [0.717, 1.165) is 17.7 Å². The van der Waals surface area contributed by atoms with Gasteiger partial charge in [-0.15, -0.1) is 5.10 Å². The van der Waals surface area contributed by atoms with Crippen LogP contribution in [-0.2, 0) is 11.8 Å². The molecule has 2 aromatic rings. The molecule has 112 valence electrons. The van der Waals surface area contributed by atoms with Gasteiger partial charge in [0.15, 0.2) is 5.82 Å². The van der Waals surface area contributed by atoms with Gasteiger partial charge in [0.2, 0.25) is 5.91 Å². The number of amides is 1. The molecule has 1 heterocycles. The zero-order valence-corrected chi connectivity index (χ0v) is 12.5. The molecule has 1 amide bonds. The molecular weight excluding hydrogens is 268 g/mol. The smallest absolute Gasteiger partial charge is 0.239 e. The first kappa shape index (κ1) is 15.0. The highest BCUT2D eigenvalue weighted by Crippen LogP contribution is 2.19. The van der Waals surface area contributed by atoms with Crippen molar-refractivity contribution in [1.29, 1.82) is 0 Å². The summed E-state index contributed by atoms with van der Waals surface area (Å²) in [7, 11) is 1.79. The fourth-order valence-corrected chi connectivity index (χ4v) is 1.85. The van der Waals surface area contributed by atoms with Crippen LogP contribution in [0.3, 0.4) is 0 Å². The van der Waals surface area contributed by atoms with Crippen molar-refractivity contribution in [3.8, 4) is 11.4 Å². The van der Waals surface area contributed by atoms with Gasteiger partial charge in [0.25, 0.3) is 0 Å². The Hall–Kier alpha value is -2.44. The molecule has 7 heteroatoms. The average molecular weight is 288 g/mol. The number of rotatable bonds is 6. The Bertz CT molecular complexity index is 609. The van der Waals surface area contributed by atoms with E-state index in [2.05, 4.69) is 26.2 Å². The van der Waals surface area contributed by atoms with E-state index in [1.165, 1.54) is 0 Å². The van der Waals surface area contributed by atoms with Crippen LogP contribution in [-0.4, -0.2) is 38.7 Å². The molecule has 0 bridgehead atoms. The molecule has 2 rings (SSSR count). The minimum atomic E-state index is -0.0184. The third-order valence-electron chi connectivity index (χ3n) is 3.21. The van der Waals surface area contributed by atoms with Gasteiger partial charge in [-0.25, -0.2) is 4.68 Å². The lowest BCUT2D eigenvalue weighted by atomic mass is 10.2. The largest absolute Gasteiger partial charge is 0.376 e. The Morgan fingerprint density at radius 3 is 2.90 bits per heavy atom. The van der Waals surface area contributed by atoms with Gasteiger partial charge in [0.1, 0.15) is 0 Å². The highest BCUT2D eigenvalue weighted by molar-refractivity contribution is 5.81. The summed E-state index contributed by atoms with van der Waals surface area (Å²) in [5, 5.41) is 17.4. The lowest BCUT2D eigenvalue weighted by Gasteiger charge is -2.12. The van der Waals surface area contributed by atoms with E-state index in [4.69, 9.17) is 0 Å². The second kappa shape index (κ2) is 6.83. The average Bonchev–Trinajstić information content (AvgIpc) is 2.91. The third-order valence-corrected chi connectivity index (χ3v) is 3.21. The number of tetrazole rings is 1. The topological polar surface area (TPSA) is 84.7 Å². The summed E-state index contributed by atoms with van der Waals surface area (Å²) in [4.78, 5) is 11.7. The maximum Gasteiger partial charge on any atom is 0.239 e. The van der Waals surface area contributed by atoms with Crippen molar-refractivity contribution in [2.24, 2.45) is 7.05 Å². The van der Waals surface area contributed by atoms with E-state index in [1.807, 2.05) is 38.1 Å². The third kappa shape index (κ3) is 4.01. The minimum Gasteiger partial charge on any atom is -0.376 e. The number of benzene rings is 1. The van der Waals surface area contributed by atoms with Gasteiger partial charge in [-0.05, 0) is 35.9 Å². The van der Waals surface area contributed by atoms with Crippen molar-refractivity contribution < 1.29 is 4.79 Å². The van der Waals surface area contributed by atoms with Gasteiger partial charge in [-0.3, -0.25) is 4.79 Å². The number of carbonyl (C=O) groups is 1. The number of hydrogen-bond donors (Lipinski definition) is 2. The first-order valence-corrected chi connectivity index (χ1v) is 6.96. The summed E-state index contributed by atoms with van der Waals surface area (Å²) in [6.07, 6.45) is 0.917. The zero-order valence-electron chi connectivity index (χ0n) is 12.5. The molecule has 0 aliphatic rings. The summed E-state index contributed by atoms with van der Waals surface area (Å²) in [6, 6.07) is 7.84. The van der Waals surface area contributed by atoms with Crippen molar-refractivity contribution in [3.05, 3.63) is 24.3 Å². The van der Waals surface area contributed by atoms with E-state index < -0.39 is 0 Å². The normalized spacial score (nSPS) is 12.0. The number of aromatic nitrogens is 4. The molecule has 0 radical (unpaired) electrons. The van der Waals surface area contributed by atoms with Crippen molar-refractivity contribution in [2.45, 2.75) is 26.3 Å². The van der Waals surface area contributed by atoms with E-state index in [9.17, 15) is 4.79 Å². The van der Waals surface area contributed by atoms with Gasteiger partial charge >= 0.3 is 0 Å². The van der Waals surface area contributed by atoms with Crippen LogP contribution in [0.5, 0.6) is 0 Å². The Balaban J connectivity index is 1.99. The SMILES string of the molecule is CC[C@@H](C)NC(=O)CNc1cccc(-c2nnnn2C)c1. The molecule has 0 fully saturated rings. The molecule has 0 aliphatic heterocycles. The summed E-state index contributed by atoms with van der Waals surface area (Å²) < 4.78 is 1.61. The van der Waals surface area contributed by atoms with Crippen molar-refractivity contribution >= 4 is 11.6 Å². The lowest BCUT2D eigenvalue weighted by molar-refractivity contribution is -0.120. The molecule has 0 aliphatic carbocycles. The second-order valence-electron chi connectivity index (χ2n) is 4.94.